The highest BCUT2D eigenvalue weighted by molar-refractivity contribution is 5.30. The highest BCUT2D eigenvalue weighted by Gasteiger charge is 2.24. The molecule has 3 N–H and O–H groups in total. The van der Waals surface area contributed by atoms with Crippen molar-refractivity contribution in [2.75, 3.05) is 6.54 Å². The molecule has 0 saturated carbocycles. The van der Waals surface area contributed by atoms with Gasteiger partial charge in [-0.05, 0) is 18.6 Å². The molecule has 0 heterocycles. The molecular formula is C16H17F2NO. The first-order valence-corrected chi connectivity index (χ1v) is 6.42. The van der Waals surface area contributed by atoms with Gasteiger partial charge in [-0.3, -0.25) is 0 Å². The van der Waals surface area contributed by atoms with Crippen molar-refractivity contribution in [3.63, 3.8) is 0 Å². The lowest BCUT2D eigenvalue weighted by Crippen LogP contribution is -2.21. The molecule has 0 spiro atoms. The van der Waals surface area contributed by atoms with Crippen molar-refractivity contribution in [3.8, 4) is 0 Å². The highest BCUT2D eigenvalue weighted by Crippen LogP contribution is 2.32. The number of hydrogen-bond donors (Lipinski definition) is 2. The van der Waals surface area contributed by atoms with E-state index in [1.54, 1.807) is 0 Å². The molecule has 2 rings (SSSR count). The molecule has 106 valence electrons. The van der Waals surface area contributed by atoms with Gasteiger partial charge in [0, 0.05) is 24.1 Å². The zero-order chi connectivity index (χ0) is 14.7. The first-order valence-electron chi connectivity index (χ1n) is 6.42. The average molecular weight is 277 g/mol. The van der Waals surface area contributed by atoms with Crippen LogP contribution in [0.15, 0.2) is 42.5 Å². The summed E-state index contributed by atoms with van der Waals surface area (Å²) in [5, 5.41) is 10.4. The van der Waals surface area contributed by atoms with Crippen molar-refractivity contribution in [1.29, 1.82) is 0 Å². The van der Waals surface area contributed by atoms with Gasteiger partial charge in [0.1, 0.15) is 11.6 Å². The molecule has 0 amide bonds. The van der Waals surface area contributed by atoms with Crippen LogP contribution in [0.4, 0.5) is 8.78 Å². The van der Waals surface area contributed by atoms with Gasteiger partial charge in [0.05, 0.1) is 6.10 Å². The van der Waals surface area contributed by atoms with E-state index in [0.29, 0.717) is 0 Å². The lowest BCUT2D eigenvalue weighted by Gasteiger charge is -2.23. The van der Waals surface area contributed by atoms with Crippen LogP contribution in [0.25, 0.3) is 0 Å². The van der Waals surface area contributed by atoms with E-state index in [2.05, 4.69) is 0 Å². The van der Waals surface area contributed by atoms with Crippen molar-refractivity contribution in [2.24, 2.45) is 5.73 Å². The van der Waals surface area contributed by atoms with E-state index in [4.69, 9.17) is 5.73 Å². The van der Waals surface area contributed by atoms with Crippen LogP contribution in [-0.2, 0) is 0 Å². The summed E-state index contributed by atoms with van der Waals surface area (Å²) in [6.07, 6.45) is -1.11. The van der Waals surface area contributed by atoms with Gasteiger partial charge in [-0.2, -0.15) is 0 Å². The summed E-state index contributed by atoms with van der Waals surface area (Å²) in [7, 11) is 0. The van der Waals surface area contributed by atoms with Gasteiger partial charge in [0.2, 0.25) is 0 Å². The van der Waals surface area contributed by atoms with E-state index in [0.717, 1.165) is 23.3 Å². The lowest BCUT2D eigenvalue weighted by atomic mass is 9.88. The van der Waals surface area contributed by atoms with Crippen molar-refractivity contribution in [3.05, 3.63) is 70.8 Å². The van der Waals surface area contributed by atoms with Gasteiger partial charge < -0.3 is 10.8 Å². The Bertz CT molecular complexity index is 601. The third kappa shape index (κ3) is 3.03. The Morgan fingerprint density at radius 3 is 2.50 bits per heavy atom. The van der Waals surface area contributed by atoms with Crippen molar-refractivity contribution in [2.45, 2.75) is 18.9 Å². The summed E-state index contributed by atoms with van der Waals surface area (Å²) in [6.45, 7) is 2.10. The monoisotopic (exact) mass is 277 g/mol. The Morgan fingerprint density at radius 1 is 1.15 bits per heavy atom. The van der Waals surface area contributed by atoms with Gasteiger partial charge in [0.25, 0.3) is 0 Å². The standard InChI is InChI=1S/C16H17F2NO/c1-10-3-2-4-11(7-10)14(9-19)16(20)13-6-5-12(17)8-15(13)18/h2-8,14,16,20H,9,19H2,1H3. The van der Waals surface area contributed by atoms with Crippen molar-refractivity contribution in [1.82, 2.24) is 0 Å². The van der Waals surface area contributed by atoms with Gasteiger partial charge in [-0.25, -0.2) is 8.78 Å². The Kier molecular flexibility index (Phi) is 4.47. The zero-order valence-corrected chi connectivity index (χ0v) is 11.2. The smallest absolute Gasteiger partial charge is 0.131 e. The maximum atomic E-state index is 13.8. The molecule has 2 aromatic rings. The summed E-state index contributed by atoms with van der Waals surface area (Å²) >= 11 is 0. The van der Waals surface area contributed by atoms with Crippen LogP contribution in [0.3, 0.4) is 0 Å². The van der Waals surface area contributed by atoms with E-state index in [1.807, 2.05) is 31.2 Å². The summed E-state index contributed by atoms with van der Waals surface area (Å²) < 4.78 is 26.7. The second-order valence-electron chi connectivity index (χ2n) is 4.87. The molecule has 4 heteroatoms. The predicted molar refractivity (Wildman–Crippen MR) is 74.3 cm³/mol. The Labute approximate surface area is 116 Å². The van der Waals surface area contributed by atoms with E-state index < -0.39 is 23.7 Å². The number of hydrogen-bond acceptors (Lipinski definition) is 2. The fraction of sp³-hybridized carbons (Fsp3) is 0.250. The van der Waals surface area contributed by atoms with Crippen molar-refractivity contribution >= 4 is 0 Å². The van der Waals surface area contributed by atoms with Gasteiger partial charge in [-0.1, -0.05) is 35.9 Å². The number of rotatable bonds is 4. The maximum absolute atomic E-state index is 13.8. The van der Waals surface area contributed by atoms with Crippen LogP contribution >= 0.6 is 0 Å². The summed E-state index contributed by atoms with van der Waals surface area (Å²) in [5.74, 6) is -1.86. The molecule has 0 saturated heterocycles. The minimum absolute atomic E-state index is 0.0587. The highest BCUT2D eigenvalue weighted by atomic mass is 19.1. The Hall–Kier alpha value is -1.78. The topological polar surface area (TPSA) is 46.2 Å². The van der Waals surface area contributed by atoms with E-state index in [-0.39, 0.29) is 12.1 Å². The van der Waals surface area contributed by atoms with Crippen LogP contribution in [-0.4, -0.2) is 11.7 Å². The number of halogens is 2. The molecule has 0 aliphatic heterocycles. The SMILES string of the molecule is Cc1cccc(C(CN)C(O)c2ccc(F)cc2F)c1. The van der Waals surface area contributed by atoms with E-state index in [9.17, 15) is 13.9 Å². The second-order valence-corrected chi connectivity index (χ2v) is 4.87. The molecule has 0 aliphatic rings. The fourth-order valence-corrected chi connectivity index (χ4v) is 2.31. The molecule has 2 aromatic carbocycles. The first-order chi connectivity index (χ1) is 9.52. The third-order valence-corrected chi connectivity index (χ3v) is 3.39. The minimum atomic E-state index is -1.11. The maximum Gasteiger partial charge on any atom is 0.131 e. The van der Waals surface area contributed by atoms with E-state index in [1.165, 1.54) is 6.07 Å². The summed E-state index contributed by atoms with van der Waals surface area (Å²) in [4.78, 5) is 0. The number of aryl methyl sites for hydroxylation is 1. The first kappa shape index (κ1) is 14.6. The molecule has 2 nitrogen and oxygen atoms in total. The van der Waals surface area contributed by atoms with Crippen LogP contribution in [0, 0.1) is 18.6 Å². The average Bonchev–Trinajstić information content (AvgIpc) is 2.39. The molecule has 2 atom stereocenters. The minimum Gasteiger partial charge on any atom is -0.388 e. The van der Waals surface area contributed by atoms with Gasteiger partial charge in [0.15, 0.2) is 0 Å². The number of aliphatic hydroxyl groups is 1. The summed E-state index contributed by atoms with van der Waals surface area (Å²) in [5.41, 5.74) is 7.65. The van der Waals surface area contributed by atoms with Crippen LogP contribution in [0.5, 0.6) is 0 Å². The van der Waals surface area contributed by atoms with Crippen LogP contribution in [0.1, 0.15) is 28.7 Å². The molecule has 0 aliphatic carbocycles. The Morgan fingerprint density at radius 2 is 1.90 bits per heavy atom. The molecule has 2 unspecified atom stereocenters. The second kappa shape index (κ2) is 6.11. The molecule has 0 fully saturated rings. The number of nitrogens with two attached hydrogens (primary N) is 1. The largest absolute Gasteiger partial charge is 0.388 e. The van der Waals surface area contributed by atoms with E-state index >= 15 is 0 Å². The van der Waals surface area contributed by atoms with Crippen LogP contribution < -0.4 is 5.73 Å². The van der Waals surface area contributed by atoms with Crippen LogP contribution in [0.2, 0.25) is 0 Å². The molecule has 0 radical (unpaired) electrons. The quantitative estimate of drug-likeness (QED) is 0.902. The molecular weight excluding hydrogens is 260 g/mol. The van der Waals surface area contributed by atoms with Crippen molar-refractivity contribution < 1.29 is 13.9 Å². The zero-order valence-electron chi connectivity index (χ0n) is 11.2. The van der Waals surface area contributed by atoms with Gasteiger partial charge >= 0.3 is 0 Å². The normalized spacial score (nSPS) is 14.1. The number of benzene rings is 2. The van der Waals surface area contributed by atoms with Gasteiger partial charge in [-0.15, -0.1) is 0 Å². The molecule has 20 heavy (non-hydrogen) atoms. The number of aliphatic hydroxyl groups excluding tert-OH is 1. The molecule has 0 bridgehead atoms. The fourth-order valence-electron chi connectivity index (χ4n) is 2.31. The Balaban J connectivity index is 2.36. The summed E-state index contributed by atoms with van der Waals surface area (Å²) in [6, 6.07) is 10.7. The third-order valence-electron chi connectivity index (χ3n) is 3.39. The lowest BCUT2D eigenvalue weighted by molar-refractivity contribution is 0.143. The predicted octanol–water partition coefficient (Wildman–Crippen LogP) is 3.05. The molecule has 0 aromatic heterocycles.